The largest absolute Gasteiger partial charge is 0.236 e. The predicted octanol–water partition coefficient (Wildman–Crippen LogP) is 12.3. The number of rotatable bonds is 5. The summed E-state index contributed by atoms with van der Waals surface area (Å²) in [5.41, 5.74) is 8.72. The van der Waals surface area contributed by atoms with Gasteiger partial charge in [0.15, 0.2) is 11.6 Å². The number of fused-ring (bicyclic) bond motifs is 5. The lowest BCUT2D eigenvalue weighted by molar-refractivity contribution is 1.18. The summed E-state index contributed by atoms with van der Waals surface area (Å²) in [6, 6.07) is 57.0. The third kappa shape index (κ3) is 5.14. The van der Waals surface area contributed by atoms with E-state index in [-0.39, 0.29) is 0 Å². The Kier molecular flexibility index (Phi) is 6.96. The van der Waals surface area contributed by atoms with Gasteiger partial charge in [0.2, 0.25) is 0 Å². The number of hydrogen-bond acceptors (Lipinski definition) is 5. The monoisotopic (exact) mass is 668 g/mol. The molecule has 0 N–H and O–H groups in total. The lowest BCUT2D eigenvalue weighted by atomic mass is 9.96. The molecule has 0 aliphatic rings. The van der Waals surface area contributed by atoms with Crippen molar-refractivity contribution in [2.24, 2.45) is 0 Å². The van der Waals surface area contributed by atoms with E-state index in [2.05, 4.69) is 133 Å². The quantitative estimate of drug-likeness (QED) is 0.183. The Morgan fingerprint density at radius 1 is 0.392 bits per heavy atom. The van der Waals surface area contributed by atoms with Gasteiger partial charge in [-0.05, 0) is 46.7 Å². The average Bonchev–Trinajstić information content (AvgIpc) is 3.59. The highest BCUT2D eigenvalue weighted by atomic mass is 32.1. The molecule has 3 heterocycles. The zero-order valence-corrected chi connectivity index (χ0v) is 28.2. The van der Waals surface area contributed by atoms with Crippen LogP contribution in [-0.2, 0) is 0 Å². The van der Waals surface area contributed by atoms with Crippen molar-refractivity contribution in [3.05, 3.63) is 170 Å². The van der Waals surface area contributed by atoms with Gasteiger partial charge in [0.05, 0.1) is 16.9 Å². The first-order valence-electron chi connectivity index (χ1n) is 17.0. The molecule has 5 heteroatoms. The maximum Gasteiger partial charge on any atom is 0.161 e. The highest BCUT2D eigenvalue weighted by molar-refractivity contribution is 7.26. The molecular formula is C46H28N4S. The van der Waals surface area contributed by atoms with Crippen LogP contribution in [0, 0.1) is 0 Å². The van der Waals surface area contributed by atoms with E-state index in [1.807, 2.05) is 36.5 Å². The van der Waals surface area contributed by atoms with Crippen molar-refractivity contribution in [2.45, 2.75) is 0 Å². The molecule has 0 aliphatic carbocycles. The molecule has 238 valence electrons. The first-order valence-corrected chi connectivity index (χ1v) is 17.8. The summed E-state index contributed by atoms with van der Waals surface area (Å²) in [4.78, 5) is 20.8. The van der Waals surface area contributed by atoms with Crippen molar-refractivity contribution in [3.8, 4) is 56.4 Å². The second-order valence-corrected chi connectivity index (χ2v) is 13.7. The molecule has 0 radical (unpaired) electrons. The smallest absolute Gasteiger partial charge is 0.161 e. The van der Waals surface area contributed by atoms with Crippen LogP contribution in [0.2, 0.25) is 0 Å². The molecule has 7 aromatic carbocycles. The summed E-state index contributed by atoms with van der Waals surface area (Å²) in [6.07, 6.45) is 1.96. The Bertz CT molecular complexity index is 2920. The van der Waals surface area contributed by atoms with Gasteiger partial charge in [-0.1, -0.05) is 133 Å². The van der Waals surface area contributed by atoms with E-state index in [0.717, 1.165) is 65.8 Å². The van der Waals surface area contributed by atoms with Gasteiger partial charge in [0.1, 0.15) is 0 Å². The third-order valence-electron chi connectivity index (χ3n) is 9.52. The molecule has 0 spiro atoms. The van der Waals surface area contributed by atoms with Crippen LogP contribution in [0.5, 0.6) is 0 Å². The van der Waals surface area contributed by atoms with Gasteiger partial charge < -0.3 is 0 Å². The Hall–Kier alpha value is -6.56. The highest BCUT2D eigenvalue weighted by Gasteiger charge is 2.21. The van der Waals surface area contributed by atoms with Crippen molar-refractivity contribution in [1.29, 1.82) is 0 Å². The predicted molar refractivity (Wildman–Crippen MR) is 213 cm³/mol. The normalized spacial score (nSPS) is 11.5. The SMILES string of the molecule is c1ccc(-c2ncc(-c3ccccc3)c(-c3cc(-c4nc(-c5ccc6ccccc6c5)c5ccccc5n4)c4sc5ccccc5c4c3)n2)cc1. The topological polar surface area (TPSA) is 51.6 Å². The number of thiophene rings is 1. The summed E-state index contributed by atoms with van der Waals surface area (Å²) >= 11 is 1.78. The summed E-state index contributed by atoms with van der Waals surface area (Å²) < 4.78 is 2.37. The minimum absolute atomic E-state index is 0.683. The molecule has 0 aliphatic heterocycles. The van der Waals surface area contributed by atoms with Gasteiger partial charge in [-0.15, -0.1) is 11.3 Å². The number of benzene rings is 7. The van der Waals surface area contributed by atoms with E-state index in [0.29, 0.717) is 11.6 Å². The molecule has 0 saturated heterocycles. The van der Waals surface area contributed by atoms with Crippen LogP contribution in [-0.4, -0.2) is 19.9 Å². The molecule has 0 bridgehead atoms. The van der Waals surface area contributed by atoms with Crippen molar-refractivity contribution >= 4 is 53.2 Å². The molecule has 0 amide bonds. The van der Waals surface area contributed by atoms with Crippen LogP contribution >= 0.6 is 11.3 Å². The summed E-state index contributed by atoms with van der Waals surface area (Å²) in [5, 5.41) is 5.77. The van der Waals surface area contributed by atoms with Crippen molar-refractivity contribution in [1.82, 2.24) is 19.9 Å². The van der Waals surface area contributed by atoms with Gasteiger partial charge in [-0.25, -0.2) is 19.9 Å². The zero-order chi connectivity index (χ0) is 33.7. The fourth-order valence-electron chi connectivity index (χ4n) is 7.04. The molecule has 0 saturated carbocycles. The van der Waals surface area contributed by atoms with E-state index in [9.17, 15) is 0 Å². The van der Waals surface area contributed by atoms with E-state index < -0.39 is 0 Å². The summed E-state index contributed by atoms with van der Waals surface area (Å²) in [5.74, 6) is 1.37. The first-order chi connectivity index (χ1) is 25.3. The molecule has 0 fully saturated rings. The standard InChI is InChI=1S/C46H28N4S/c1-3-14-30(15-4-1)39-28-47-45(31-16-5-2-6-17-31)49-43(39)34-26-37-35-19-10-12-22-41(35)51-44(37)38(27-34)46-48-40-21-11-9-20-36(40)42(50-46)33-24-23-29-13-7-8-18-32(29)25-33/h1-28H. The fourth-order valence-corrected chi connectivity index (χ4v) is 8.23. The van der Waals surface area contributed by atoms with Gasteiger partial charge in [-0.3, -0.25) is 0 Å². The molecular weight excluding hydrogens is 641 g/mol. The maximum absolute atomic E-state index is 5.41. The Morgan fingerprint density at radius 3 is 1.92 bits per heavy atom. The number of para-hydroxylation sites is 1. The summed E-state index contributed by atoms with van der Waals surface area (Å²) in [7, 11) is 0. The Balaban J connectivity index is 1.27. The average molecular weight is 669 g/mol. The second kappa shape index (κ2) is 12.1. The lowest BCUT2D eigenvalue weighted by Crippen LogP contribution is -1.98. The van der Waals surface area contributed by atoms with E-state index in [4.69, 9.17) is 19.9 Å². The second-order valence-electron chi connectivity index (χ2n) is 12.7. The van der Waals surface area contributed by atoms with Crippen molar-refractivity contribution in [3.63, 3.8) is 0 Å². The maximum atomic E-state index is 5.41. The van der Waals surface area contributed by atoms with Gasteiger partial charge in [0.25, 0.3) is 0 Å². The number of nitrogens with zero attached hydrogens (tertiary/aromatic N) is 4. The van der Waals surface area contributed by atoms with Crippen molar-refractivity contribution in [2.75, 3.05) is 0 Å². The third-order valence-corrected chi connectivity index (χ3v) is 10.7. The fraction of sp³-hybridized carbons (Fsp3) is 0. The van der Waals surface area contributed by atoms with E-state index in [1.54, 1.807) is 11.3 Å². The van der Waals surface area contributed by atoms with E-state index in [1.165, 1.54) is 20.9 Å². The van der Waals surface area contributed by atoms with Gasteiger partial charge in [-0.2, -0.15) is 0 Å². The molecule has 0 atom stereocenters. The van der Waals surface area contributed by atoms with Crippen LogP contribution < -0.4 is 0 Å². The Labute approximate surface area is 298 Å². The lowest BCUT2D eigenvalue weighted by Gasteiger charge is -2.14. The van der Waals surface area contributed by atoms with Crippen LogP contribution in [0.1, 0.15) is 0 Å². The highest BCUT2D eigenvalue weighted by Crippen LogP contribution is 2.44. The van der Waals surface area contributed by atoms with Gasteiger partial charge >= 0.3 is 0 Å². The van der Waals surface area contributed by atoms with Crippen LogP contribution in [0.4, 0.5) is 0 Å². The number of hydrogen-bond donors (Lipinski definition) is 0. The van der Waals surface area contributed by atoms with Crippen LogP contribution in [0.3, 0.4) is 0 Å². The van der Waals surface area contributed by atoms with E-state index >= 15 is 0 Å². The first kappa shape index (κ1) is 29.4. The molecule has 4 nitrogen and oxygen atoms in total. The van der Waals surface area contributed by atoms with Gasteiger partial charge in [0, 0.05) is 59.6 Å². The number of aromatic nitrogens is 4. The minimum atomic E-state index is 0.683. The zero-order valence-electron chi connectivity index (χ0n) is 27.4. The molecule has 0 unspecified atom stereocenters. The molecule has 10 aromatic rings. The summed E-state index contributed by atoms with van der Waals surface area (Å²) in [6.45, 7) is 0. The van der Waals surface area contributed by atoms with Crippen LogP contribution in [0.25, 0.3) is 98.3 Å². The van der Waals surface area contributed by atoms with Crippen LogP contribution in [0.15, 0.2) is 170 Å². The minimum Gasteiger partial charge on any atom is -0.236 e. The van der Waals surface area contributed by atoms with Crippen molar-refractivity contribution < 1.29 is 0 Å². The molecule has 10 rings (SSSR count). The molecule has 3 aromatic heterocycles. The Morgan fingerprint density at radius 2 is 1.08 bits per heavy atom. The molecule has 51 heavy (non-hydrogen) atoms.